The van der Waals surface area contributed by atoms with Crippen LogP contribution in [0.25, 0.3) is 5.69 Å². The van der Waals surface area contributed by atoms with E-state index in [1.807, 2.05) is 24.3 Å². The van der Waals surface area contributed by atoms with Crippen molar-refractivity contribution < 1.29 is 9.59 Å². The second-order valence-corrected chi connectivity index (χ2v) is 8.72. The standard InChI is InChI=1S/C24H18Cl2N4O2S/c25-19-12-11-18(13-20(19)26)30-22(14-27-23(32)17-9-5-2-6-10-17)28-29-24(30)33-15-21(31)16-7-3-1-4-8-16/h1-13H,14-15H2,(H,27,32). The van der Waals surface area contributed by atoms with Crippen molar-refractivity contribution in [1.82, 2.24) is 20.1 Å². The molecule has 0 fully saturated rings. The Balaban J connectivity index is 1.58. The number of Topliss-reactive ketones (excluding diaryl/α,β-unsaturated/α-hetero) is 1. The van der Waals surface area contributed by atoms with Gasteiger partial charge in [-0.05, 0) is 30.3 Å². The van der Waals surface area contributed by atoms with Crippen LogP contribution in [0.5, 0.6) is 0 Å². The molecule has 0 aliphatic carbocycles. The van der Waals surface area contributed by atoms with E-state index in [2.05, 4.69) is 15.5 Å². The third-order valence-electron chi connectivity index (χ3n) is 4.73. The molecule has 9 heteroatoms. The highest BCUT2D eigenvalue weighted by atomic mass is 35.5. The van der Waals surface area contributed by atoms with Crippen LogP contribution in [0.3, 0.4) is 0 Å². The monoisotopic (exact) mass is 496 g/mol. The summed E-state index contributed by atoms with van der Waals surface area (Å²) in [6.07, 6.45) is 0. The van der Waals surface area contributed by atoms with E-state index in [0.29, 0.717) is 37.8 Å². The Morgan fingerprint density at radius 2 is 1.52 bits per heavy atom. The van der Waals surface area contributed by atoms with E-state index in [-0.39, 0.29) is 24.0 Å². The molecule has 1 N–H and O–H groups in total. The molecular weight excluding hydrogens is 479 g/mol. The van der Waals surface area contributed by atoms with Crippen molar-refractivity contribution in [3.63, 3.8) is 0 Å². The number of hydrogen-bond donors (Lipinski definition) is 1. The van der Waals surface area contributed by atoms with E-state index in [9.17, 15) is 9.59 Å². The molecule has 1 aromatic heterocycles. The van der Waals surface area contributed by atoms with Gasteiger partial charge >= 0.3 is 0 Å². The van der Waals surface area contributed by atoms with Gasteiger partial charge in [0.2, 0.25) is 0 Å². The van der Waals surface area contributed by atoms with Crippen LogP contribution >= 0.6 is 35.0 Å². The lowest BCUT2D eigenvalue weighted by atomic mass is 10.2. The van der Waals surface area contributed by atoms with E-state index in [1.165, 1.54) is 11.8 Å². The molecule has 0 atom stereocenters. The molecular formula is C24H18Cl2N4O2S. The van der Waals surface area contributed by atoms with Gasteiger partial charge in [-0.3, -0.25) is 14.2 Å². The number of aromatic nitrogens is 3. The largest absolute Gasteiger partial charge is 0.345 e. The van der Waals surface area contributed by atoms with Gasteiger partial charge in [0.15, 0.2) is 16.8 Å². The second-order valence-electron chi connectivity index (χ2n) is 6.96. The van der Waals surface area contributed by atoms with E-state index in [1.54, 1.807) is 59.2 Å². The fourth-order valence-electron chi connectivity index (χ4n) is 3.08. The molecule has 1 amide bonds. The number of ketones is 1. The zero-order valence-electron chi connectivity index (χ0n) is 17.2. The molecule has 0 unspecified atom stereocenters. The summed E-state index contributed by atoms with van der Waals surface area (Å²) in [7, 11) is 0. The third-order valence-corrected chi connectivity index (χ3v) is 6.40. The molecule has 4 rings (SSSR count). The second kappa shape index (κ2) is 10.7. The quantitative estimate of drug-likeness (QED) is 0.258. The zero-order chi connectivity index (χ0) is 23.2. The molecule has 0 bridgehead atoms. The Morgan fingerprint density at radius 3 is 2.18 bits per heavy atom. The van der Waals surface area contributed by atoms with Crippen LogP contribution < -0.4 is 5.32 Å². The van der Waals surface area contributed by atoms with Crippen molar-refractivity contribution >= 4 is 46.7 Å². The van der Waals surface area contributed by atoms with Crippen molar-refractivity contribution in [3.05, 3.63) is 106 Å². The van der Waals surface area contributed by atoms with Gasteiger partial charge in [0.25, 0.3) is 5.91 Å². The number of nitrogens with one attached hydrogen (secondary N) is 1. The lowest BCUT2D eigenvalue weighted by Gasteiger charge is -2.12. The van der Waals surface area contributed by atoms with Crippen molar-refractivity contribution in [1.29, 1.82) is 0 Å². The van der Waals surface area contributed by atoms with Gasteiger partial charge in [-0.1, -0.05) is 83.5 Å². The summed E-state index contributed by atoms with van der Waals surface area (Å²) in [6.45, 7) is 0.133. The van der Waals surface area contributed by atoms with Crippen LogP contribution in [-0.4, -0.2) is 32.2 Å². The molecule has 0 saturated carbocycles. The van der Waals surface area contributed by atoms with Gasteiger partial charge in [0, 0.05) is 11.1 Å². The topological polar surface area (TPSA) is 76.9 Å². The van der Waals surface area contributed by atoms with E-state index >= 15 is 0 Å². The molecule has 33 heavy (non-hydrogen) atoms. The highest BCUT2D eigenvalue weighted by molar-refractivity contribution is 7.99. The first-order chi connectivity index (χ1) is 16.0. The highest BCUT2D eigenvalue weighted by Gasteiger charge is 2.18. The Hall–Kier alpha value is -3.13. The van der Waals surface area contributed by atoms with Crippen LogP contribution in [0.15, 0.2) is 84.0 Å². The van der Waals surface area contributed by atoms with Gasteiger partial charge in [-0.25, -0.2) is 0 Å². The zero-order valence-corrected chi connectivity index (χ0v) is 19.6. The average molecular weight is 497 g/mol. The Kier molecular flexibility index (Phi) is 7.44. The smallest absolute Gasteiger partial charge is 0.251 e. The van der Waals surface area contributed by atoms with Gasteiger partial charge in [-0.15, -0.1) is 10.2 Å². The molecule has 0 radical (unpaired) electrons. The number of halogens is 2. The van der Waals surface area contributed by atoms with Crippen molar-refractivity contribution in [2.75, 3.05) is 5.75 Å². The fourth-order valence-corrected chi connectivity index (χ4v) is 4.24. The lowest BCUT2D eigenvalue weighted by molar-refractivity contribution is 0.0948. The maximum Gasteiger partial charge on any atom is 0.251 e. The van der Waals surface area contributed by atoms with Crippen LogP contribution in [0.2, 0.25) is 10.0 Å². The Morgan fingerprint density at radius 1 is 0.848 bits per heavy atom. The molecule has 0 spiro atoms. The van der Waals surface area contributed by atoms with Crippen molar-refractivity contribution in [3.8, 4) is 5.69 Å². The van der Waals surface area contributed by atoms with Crippen LogP contribution in [0.4, 0.5) is 0 Å². The number of thioether (sulfide) groups is 1. The summed E-state index contributed by atoms with van der Waals surface area (Å²) >= 11 is 13.6. The minimum Gasteiger partial charge on any atom is -0.345 e. The molecule has 1 heterocycles. The first kappa shape index (κ1) is 23.0. The summed E-state index contributed by atoms with van der Waals surface area (Å²) in [5.74, 6) is 0.420. The maximum absolute atomic E-state index is 12.6. The summed E-state index contributed by atoms with van der Waals surface area (Å²) in [4.78, 5) is 25.1. The van der Waals surface area contributed by atoms with Crippen LogP contribution in [0, 0.1) is 0 Å². The molecule has 0 aliphatic heterocycles. The number of hydrogen-bond acceptors (Lipinski definition) is 5. The SMILES string of the molecule is O=C(CSc1nnc(CNC(=O)c2ccccc2)n1-c1ccc(Cl)c(Cl)c1)c1ccccc1. The normalized spacial score (nSPS) is 10.7. The molecule has 0 saturated heterocycles. The average Bonchev–Trinajstić information content (AvgIpc) is 3.26. The number of amides is 1. The van der Waals surface area contributed by atoms with Gasteiger partial charge < -0.3 is 5.32 Å². The summed E-state index contributed by atoms with van der Waals surface area (Å²) in [5, 5.41) is 12.7. The van der Waals surface area contributed by atoms with Gasteiger partial charge in [-0.2, -0.15) is 0 Å². The van der Waals surface area contributed by atoms with Gasteiger partial charge in [0.05, 0.1) is 28.0 Å². The number of carbonyl (C=O) groups is 2. The van der Waals surface area contributed by atoms with E-state index in [0.717, 1.165) is 0 Å². The van der Waals surface area contributed by atoms with E-state index < -0.39 is 0 Å². The Bertz CT molecular complexity index is 1210. The first-order valence-corrected chi connectivity index (χ1v) is 11.7. The third kappa shape index (κ3) is 5.63. The molecule has 166 valence electrons. The maximum atomic E-state index is 12.6. The van der Waals surface area contributed by atoms with Crippen molar-refractivity contribution in [2.24, 2.45) is 0 Å². The molecule has 6 nitrogen and oxygen atoms in total. The minimum atomic E-state index is -0.229. The number of rotatable bonds is 8. The van der Waals surface area contributed by atoms with E-state index in [4.69, 9.17) is 23.2 Å². The predicted octanol–water partition coefficient (Wildman–Crippen LogP) is 5.48. The number of benzene rings is 3. The minimum absolute atomic E-state index is 0.0248. The highest BCUT2D eigenvalue weighted by Crippen LogP contribution is 2.28. The van der Waals surface area contributed by atoms with Gasteiger partial charge in [0.1, 0.15) is 0 Å². The number of nitrogens with zero attached hydrogens (tertiary/aromatic N) is 3. The summed E-state index contributed by atoms with van der Waals surface area (Å²) in [6, 6.07) is 23.1. The van der Waals surface area contributed by atoms with Crippen LogP contribution in [-0.2, 0) is 6.54 Å². The summed E-state index contributed by atoms with van der Waals surface area (Å²) < 4.78 is 1.76. The first-order valence-electron chi connectivity index (χ1n) is 9.97. The molecule has 0 aliphatic rings. The Labute approximate surface area is 204 Å². The lowest BCUT2D eigenvalue weighted by Crippen LogP contribution is -2.24. The van der Waals surface area contributed by atoms with Crippen LogP contribution in [0.1, 0.15) is 26.5 Å². The summed E-state index contributed by atoms with van der Waals surface area (Å²) in [5.41, 5.74) is 1.84. The number of carbonyl (C=O) groups excluding carboxylic acids is 2. The van der Waals surface area contributed by atoms with Crippen molar-refractivity contribution in [2.45, 2.75) is 11.7 Å². The fraction of sp³-hybridized carbons (Fsp3) is 0.0833. The predicted molar refractivity (Wildman–Crippen MR) is 130 cm³/mol. The molecule has 4 aromatic rings. The molecule has 3 aromatic carbocycles.